The van der Waals surface area contributed by atoms with Crippen molar-refractivity contribution in [2.75, 3.05) is 5.73 Å². The summed E-state index contributed by atoms with van der Waals surface area (Å²) >= 11 is 13.2. The van der Waals surface area contributed by atoms with Crippen LogP contribution in [0.2, 0.25) is 5.02 Å². The van der Waals surface area contributed by atoms with E-state index in [1.165, 1.54) is 9.13 Å². The zero-order valence-corrected chi connectivity index (χ0v) is 19.6. The highest BCUT2D eigenvalue weighted by Gasteiger charge is 2.22. The van der Waals surface area contributed by atoms with Crippen molar-refractivity contribution >= 4 is 61.4 Å². The van der Waals surface area contributed by atoms with Crippen molar-refractivity contribution in [1.29, 1.82) is 0 Å². The van der Waals surface area contributed by atoms with Gasteiger partial charge in [-0.05, 0) is 35.8 Å². The maximum Gasteiger partial charge on any atom is 0.330 e. The lowest BCUT2D eigenvalue weighted by Crippen LogP contribution is -2.23. The number of hydrogen-bond acceptors (Lipinski definition) is 8. The van der Waals surface area contributed by atoms with Crippen LogP contribution in [0, 0.1) is 4.77 Å². The summed E-state index contributed by atoms with van der Waals surface area (Å²) in [6, 6.07) is 20.6. The lowest BCUT2D eigenvalue weighted by molar-refractivity contribution is 0.534. The van der Waals surface area contributed by atoms with Gasteiger partial charge in [0.05, 0.1) is 16.3 Å². The van der Waals surface area contributed by atoms with Crippen LogP contribution in [0.5, 0.6) is 0 Å². The van der Waals surface area contributed by atoms with Crippen LogP contribution in [0.3, 0.4) is 0 Å². The minimum Gasteiger partial charge on any atom is -0.403 e. The maximum absolute atomic E-state index is 13.6. The zero-order valence-electron chi connectivity index (χ0n) is 17.2. The van der Waals surface area contributed by atoms with E-state index in [9.17, 15) is 4.79 Å². The van der Waals surface area contributed by atoms with E-state index in [0.717, 1.165) is 22.1 Å². The highest BCUT2D eigenvalue weighted by Crippen LogP contribution is 2.30. The van der Waals surface area contributed by atoms with Gasteiger partial charge in [0, 0.05) is 5.39 Å². The van der Waals surface area contributed by atoms with Gasteiger partial charge in [-0.15, -0.1) is 5.10 Å². The fourth-order valence-corrected chi connectivity index (χ4v) is 5.15. The Morgan fingerprint density at radius 2 is 1.74 bits per heavy atom. The van der Waals surface area contributed by atoms with Crippen LogP contribution < -0.4 is 11.3 Å². The topological polar surface area (TPSA) is 105 Å². The Balaban J connectivity index is 1.68. The second-order valence-electron chi connectivity index (χ2n) is 7.33. The molecule has 2 N–H and O–H groups in total. The first-order valence-electron chi connectivity index (χ1n) is 10.0. The van der Waals surface area contributed by atoms with E-state index < -0.39 is 0 Å². The van der Waals surface area contributed by atoms with E-state index >= 15 is 0 Å². The highest BCUT2D eigenvalue weighted by atomic mass is 35.5. The smallest absolute Gasteiger partial charge is 0.330 e. The van der Waals surface area contributed by atoms with Gasteiger partial charge in [-0.3, -0.25) is 9.36 Å². The fourth-order valence-electron chi connectivity index (χ4n) is 3.84. The van der Waals surface area contributed by atoms with E-state index in [1.54, 1.807) is 18.2 Å². The first-order valence-corrected chi connectivity index (χ1v) is 11.6. The van der Waals surface area contributed by atoms with Gasteiger partial charge in [0.25, 0.3) is 11.4 Å². The van der Waals surface area contributed by atoms with Crippen molar-refractivity contribution in [2.45, 2.75) is 0 Å². The second kappa shape index (κ2) is 7.87. The molecule has 0 aliphatic carbocycles. The van der Waals surface area contributed by atoms with Crippen LogP contribution in [-0.4, -0.2) is 24.3 Å². The molecule has 8 nitrogen and oxygen atoms in total. The third kappa shape index (κ3) is 3.15. The minimum atomic E-state index is -0.326. The molecule has 6 rings (SSSR count). The van der Waals surface area contributed by atoms with Gasteiger partial charge in [0.2, 0.25) is 0 Å². The predicted molar refractivity (Wildman–Crippen MR) is 136 cm³/mol. The molecular weight excluding hydrogens is 492 g/mol. The summed E-state index contributed by atoms with van der Waals surface area (Å²) in [5, 5.41) is 10.8. The summed E-state index contributed by atoms with van der Waals surface area (Å²) in [6.07, 6.45) is 0. The van der Waals surface area contributed by atoms with E-state index in [4.69, 9.17) is 34.0 Å². The Morgan fingerprint density at radius 3 is 2.59 bits per heavy atom. The number of halogens is 1. The number of nitrogens with two attached hydrogens (primary N) is 1. The third-order valence-electron chi connectivity index (χ3n) is 5.33. The number of fused-ring (bicyclic) bond motifs is 2. The van der Waals surface area contributed by atoms with Gasteiger partial charge in [0.1, 0.15) is 4.70 Å². The second-order valence-corrected chi connectivity index (χ2v) is 9.13. The molecule has 11 heteroatoms. The van der Waals surface area contributed by atoms with Crippen molar-refractivity contribution in [2.24, 2.45) is 0 Å². The Kier molecular flexibility index (Phi) is 4.80. The summed E-state index contributed by atoms with van der Waals surface area (Å²) in [5.41, 5.74) is 7.11. The molecule has 0 aliphatic rings. The molecule has 0 aliphatic heterocycles. The molecule has 3 aromatic heterocycles. The molecule has 6 aromatic rings. The zero-order chi connectivity index (χ0) is 23.4. The SMILES string of the molecule is Nc1nc2c(s1)c(=O)n(-c1cccc3ccccc13)c(=S)n2-c1nnc(-c2ccccc2Cl)o1. The number of anilines is 1. The van der Waals surface area contributed by atoms with Gasteiger partial charge < -0.3 is 10.2 Å². The number of nitrogens with zero attached hydrogens (tertiary/aromatic N) is 5. The summed E-state index contributed by atoms with van der Waals surface area (Å²) < 4.78 is 9.29. The first-order chi connectivity index (χ1) is 16.5. The van der Waals surface area contributed by atoms with Crippen molar-refractivity contribution in [3.05, 3.63) is 86.9 Å². The van der Waals surface area contributed by atoms with Crippen LogP contribution in [0.25, 0.3) is 44.3 Å². The van der Waals surface area contributed by atoms with Crippen molar-refractivity contribution in [3.8, 4) is 23.2 Å². The van der Waals surface area contributed by atoms with Crippen molar-refractivity contribution in [3.63, 3.8) is 0 Å². The number of rotatable bonds is 3. The Bertz CT molecular complexity index is 1850. The first kappa shape index (κ1) is 20.7. The highest BCUT2D eigenvalue weighted by molar-refractivity contribution is 7.71. The van der Waals surface area contributed by atoms with E-state index in [0.29, 0.717) is 21.0 Å². The minimum absolute atomic E-state index is 0.0456. The number of thiazole rings is 1. The molecule has 34 heavy (non-hydrogen) atoms. The molecule has 0 radical (unpaired) electrons. The molecule has 0 saturated heterocycles. The standard InChI is InChI=1S/C23H13ClN6O2S2/c24-15-10-4-3-9-14(15)19-27-28-22(32-19)30-18-17(34-21(25)26-18)20(31)29(23(30)33)16-11-5-7-12-6-1-2-8-13(12)16/h1-11H,(H2,25,26). The van der Waals surface area contributed by atoms with Gasteiger partial charge >= 0.3 is 6.01 Å². The lowest BCUT2D eigenvalue weighted by atomic mass is 10.1. The van der Waals surface area contributed by atoms with Crippen LogP contribution >= 0.6 is 35.2 Å². The molecule has 0 fully saturated rings. The van der Waals surface area contributed by atoms with Crippen molar-refractivity contribution < 1.29 is 4.42 Å². The Hall–Kier alpha value is -3.86. The van der Waals surface area contributed by atoms with Gasteiger partial charge in [0.15, 0.2) is 15.5 Å². The molecule has 0 atom stereocenters. The van der Waals surface area contributed by atoms with Gasteiger partial charge in [-0.25, -0.2) is 9.55 Å². The summed E-state index contributed by atoms with van der Waals surface area (Å²) in [5.74, 6) is 0.210. The van der Waals surface area contributed by atoms with Crippen LogP contribution in [0.4, 0.5) is 5.13 Å². The van der Waals surface area contributed by atoms with Gasteiger partial charge in [-0.2, -0.15) is 0 Å². The number of aromatic nitrogens is 5. The van der Waals surface area contributed by atoms with Crippen molar-refractivity contribution in [1.82, 2.24) is 24.3 Å². The summed E-state index contributed by atoms with van der Waals surface area (Å²) in [7, 11) is 0. The number of hydrogen-bond donors (Lipinski definition) is 1. The maximum atomic E-state index is 13.6. The van der Waals surface area contributed by atoms with Crippen LogP contribution in [0.1, 0.15) is 0 Å². The number of benzene rings is 3. The predicted octanol–water partition coefficient (Wildman–Crippen LogP) is 5.41. The van der Waals surface area contributed by atoms with Crippen LogP contribution in [0.15, 0.2) is 75.9 Å². The van der Waals surface area contributed by atoms with E-state index in [-0.39, 0.29) is 33.0 Å². The molecule has 166 valence electrons. The summed E-state index contributed by atoms with van der Waals surface area (Å²) in [4.78, 5) is 17.9. The average molecular weight is 505 g/mol. The molecule has 0 saturated carbocycles. The van der Waals surface area contributed by atoms with E-state index in [2.05, 4.69) is 15.2 Å². The molecule has 0 bridgehead atoms. The number of nitrogen functional groups attached to an aromatic ring is 1. The molecule has 0 amide bonds. The summed E-state index contributed by atoms with van der Waals surface area (Å²) in [6.45, 7) is 0. The normalized spacial score (nSPS) is 11.4. The molecule has 0 spiro atoms. The molecule has 3 aromatic carbocycles. The lowest BCUT2D eigenvalue weighted by Gasteiger charge is -2.12. The van der Waals surface area contributed by atoms with Gasteiger partial charge in [-0.1, -0.05) is 76.6 Å². The Labute approximate surface area is 205 Å². The van der Waals surface area contributed by atoms with E-state index in [1.807, 2.05) is 48.5 Å². The fraction of sp³-hybridized carbons (Fsp3) is 0. The quantitative estimate of drug-likeness (QED) is 0.321. The third-order valence-corrected chi connectivity index (χ3v) is 6.89. The molecule has 0 unspecified atom stereocenters. The average Bonchev–Trinajstić information content (AvgIpc) is 3.47. The Morgan fingerprint density at radius 1 is 0.971 bits per heavy atom. The largest absolute Gasteiger partial charge is 0.403 e. The monoisotopic (exact) mass is 504 g/mol. The van der Waals surface area contributed by atoms with Crippen LogP contribution in [-0.2, 0) is 0 Å². The molecular formula is C23H13ClN6O2S2. The molecule has 3 heterocycles.